The van der Waals surface area contributed by atoms with E-state index in [1.54, 1.807) is 0 Å². The van der Waals surface area contributed by atoms with Gasteiger partial charge in [-0.15, -0.1) is 0 Å². The molecule has 1 aliphatic carbocycles. The van der Waals surface area contributed by atoms with Gasteiger partial charge in [0.05, 0.1) is 5.69 Å². The highest BCUT2D eigenvalue weighted by Gasteiger charge is 2.31. The van der Waals surface area contributed by atoms with E-state index < -0.39 is 0 Å². The van der Waals surface area contributed by atoms with Gasteiger partial charge in [-0.2, -0.15) is 5.53 Å². The van der Waals surface area contributed by atoms with Gasteiger partial charge in [0.2, 0.25) is 0 Å². The van der Waals surface area contributed by atoms with Crippen LogP contribution in [-0.2, 0) is 0 Å². The maximum absolute atomic E-state index is 12.7. The molecule has 0 bridgehead atoms. The summed E-state index contributed by atoms with van der Waals surface area (Å²) in [6, 6.07) is 5.63. The zero-order valence-corrected chi connectivity index (χ0v) is 8.07. The zero-order chi connectivity index (χ0) is 10.8. The molecular weight excluding hydrogens is 195 g/mol. The molecule has 1 aromatic carbocycles. The molecule has 0 spiro atoms. The first-order chi connectivity index (χ1) is 7.22. The minimum absolute atomic E-state index is 0.212. The van der Waals surface area contributed by atoms with Crippen LogP contribution in [0, 0.1) is 22.7 Å². The predicted octanol–water partition coefficient (Wildman–Crippen LogP) is 2.97. The van der Waals surface area contributed by atoms with E-state index in [0.29, 0.717) is 11.5 Å². The fraction of sp³-hybridized carbons (Fsp3) is 0.300. The summed E-state index contributed by atoms with van der Waals surface area (Å²) in [5.41, 5.74) is 7.58. The van der Waals surface area contributed by atoms with Crippen molar-refractivity contribution in [3.05, 3.63) is 30.1 Å². The number of hydrogen-bond donors (Lipinski definition) is 2. The number of anilines is 1. The lowest BCUT2D eigenvalue weighted by molar-refractivity contribution is 0.627. The Bertz CT molecular complexity index is 383. The fourth-order valence-electron chi connectivity index (χ4n) is 1.36. The van der Waals surface area contributed by atoms with Gasteiger partial charge in [0.25, 0.3) is 0 Å². The summed E-state index contributed by atoms with van der Waals surface area (Å²) < 4.78 is 12.7. The van der Waals surface area contributed by atoms with Crippen molar-refractivity contribution in [1.82, 2.24) is 0 Å². The van der Waals surface area contributed by atoms with Crippen LogP contribution in [0.5, 0.6) is 0 Å². The van der Waals surface area contributed by atoms with Crippen LogP contribution in [0.2, 0.25) is 0 Å². The molecule has 0 atom stereocenters. The van der Waals surface area contributed by atoms with Gasteiger partial charge in [-0.3, -0.25) is 5.41 Å². The summed E-state index contributed by atoms with van der Waals surface area (Å²) in [6.45, 7) is 0. The van der Waals surface area contributed by atoms with Gasteiger partial charge in [0, 0.05) is 5.92 Å². The molecule has 0 saturated heterocycles. The van der Waals surface area contributed by atoms with Crippen LogP contribution in [0.4, 0.5) is 10.1 Å². The molecule has 0 unspecified atom stereocenters. The Morgan fingerprint density at radius 2 is 1.93 bits per heavy atom. The highest BCUT2D eigenvalue weighted by atomic mass is 19.1. The van der Waals surface area contributed by atoms with E-state index in [1.807, 2.05) is 0 Å². The van der Waals surface area contributed by atoms with Crippen molar-refractivity contribution >= 4 is 11.5 Å². The SMILES string of the molecule is N=NN(C(=N)C1CC1)c1ccc(F)cc1. The maximum atomic E-state index is 12.7. The molecule has 78 valence electrons. The number of amidine groups is 1. The minimum atomic E-state index is -0.332. The van der Waals surface area contributed by atoms with Crippen LogP contribution < -0.4 is 5.01 Å². The average molecular weight is 206 g/mol. The van der Waals surface area contributed by atoms with E-state index >= 15 is 0 Å². The normalized spacial score (nSPS) is 14.7. The Hall–Kier alpha value is -1.78. The number of nitrogens with one attached hydrogen (secondary N) is 2. The first kappa shape index (κ1) is 9.76. The largest absolute Gasteiger partial charge is 0.286 e. The van der Waals surface area contributed by atoms with Crippen molar-refractivity contribution < 1.29 is 4.39 Å². The van der Waals surface area contributed by atoms with Crippen LogP contribution in [0.1, 0.15) is 12.8 Å². The number of benzene rings is 1. The van der Waals surface area contributed by atoms with Gasteiger partial charge in [-0.1, -0.05) is 5.22 Å². The molecule has 15 heavy (non-hydrogen) atoms. The monoisotopic (exact) mass is 206 g/mol. The second kappa shape index (κ2) is 3.76. The van der Waals surface area contributed by atoms with E-state index in [4.69, 9.17) is 10.9 Å². The number of rotatable bonds is 3. The van der Waals surface area contributed by atoms with E-state index in [1.165, 1.54) is 29.3 Å². The smallest absolute Gasteiger partial charge is 0.127 e. The van der Waals surface area contributed by atoms with E-state index in [2.05, 4.69) is 5.22 Å². The summed E-state index contributed by atoms with van der Waals surface area (Å²) in [7, 11) is 0. The molecule has 4 nitrogen and oxygen atoms in total. The molecule has 0 radical (unpaired) electrons. The quantitative estimate of drug-likeness (QED) is 0.339. The van der Waals surface area contributed by atoms with E-state index in [9.17, 15) is 4.39 Å². The van der Waals surface area contributed by atoms with Crippen LogP contribution in [0.25, 0.3) is 0 Å². The maximum Gasteiger partial charge on any atom is 0.127 e. The Morgan fingerprint density at radius 3 is 2.40 bits per heavy atom. The van der Waals surface area contributed by atoms with Crippen LogP contribution >= 0.6 is 0 Å². The van der Waals surface area contributed by atoms with Crippen molar-refractivity contribution in [2.45, 2.75) is 12.8 Å². The van der Waals surface area contributed by atoms with Crippen molar-refractivity contribution in [3.8, 4) is 0 Å². The summed E-state index contributed by atoms with van der Waals surface area (Å²) >= 11 is 0. The van der Waals surface area contributed by atoms with Gasteiger partial charge in [0.1, 0.15) is 11.7 Å². The molecule has 2 rings (SSSR count). The van der Waals surface area contributed by atoms with Crippen LogP contribution in [-0.4, -0.2) is 5.84 Å². The van der Waals surface area contributed by atoms with Gasteiger partial charge in [-0.25, -0.2) is 9.40 Å². The molecule has 2 N–H and O–H groups in total. The van der Waals surface area contributed by atoms with Crippen molar-refractivity contribution in [2.24, 2.45) is 11.1 Å². The molecule has 1 aromatic rings. The number of hydrogen-bond acceptors (Lipinski definition) is 3. The predicted molar refractivity (Wildman–Crippen MR) is 54.5 cm³/mol. The lowest BCUT2D eigenvalue weighted by Crippen LogP contribution is -2.25. The van der Waals surface area contributed by atoms with Crippen molar-refractivity contribution in [2.75, 3.05) is 5.01 Å². The Morgan fingerprint density at radius 1 is 1.33 bits per heavy atom. The third kappa shape index (κ3) is 2.01. The highest BCUT2D eigenvalue weighted by Crippen LogP contribution is 2.33. The van der Waals surface area contributed by atoms with E-state index in [0.717, 1.165) is 12.8 Å². The zero-order valence-electron chi connectivity index (χ0n) is 8.07. The van der Waals surface area contributed by atoms with Gasteiger partial charge < -0.3 is 0 Å². The third-order valence-electron chi connectivity index (χ3n) is 2.36. The molecule has 0 amide bonds. The lowest BCUT2D eigenvalue weighted by atomic mass is 10.3. The average Bonchev–Trinajstić information content (AvgIpc) is 3.05. The van der Waals surface area contributed by atoms with Crippen molar-refractivity contribution in [3.63, 3.8) is 0 Å². The molecule has 0 heterocycles. The molecule has 0 aliphatic heterocycles. The lowest BCUT2D eigenvalue weighted by Gasteiger charge is -2.17. The van der Waals surface area contributed by atoms with Gasteiger partial charge >= 0.3 is 0 Å². The van der Waals surface area contributed by atoms with Crippen molar-refractivity contribution in [1.29, 1.82) is 10.9 Å². The van der Waals surface area contributed by atoms with E-state index in [-0.39, 0.29) is 11.7 Å². The number of nitrogens with zero attached hydrogens (tertiary/aromatic N) is 2. The summed E-state index contributed by atoms with van der Waals surface area (Å²) in [5, 5.41) is 12.3. The third-order valence-corrected chi connectivity index (χ3v) is 2.36. The Labute approximate surface area is 86.7 Å². The second-order valence-electron chi connectivity index (χ2n) is 3.55. The standard InChI is InChI=1S/C10H11FN4/c11-8-3-5-9(6-4-8)15(14-13)10(12)7-1-2-7/h3-7,12-13H,1-2H2. The second-order valence-corrected chi connectivity index (χ2v) is 3.55. The highest BCUT2D eigenvalue weighted by molar-refractivity contribution is 5.97. The summed E-state index contributed by atoms with van der Waals surface area (Å²) in [5.74, 6) is 0.197. The summed E-state index contributed by atoms with van der Waals surface area (Å²) in [4.78, 5) is 0. The fourth-order valence-corrected chi connectivity index (χ4v) is 1.36. The first-order valence-electron chi connectivity index (χ1n) is 4.74. The van der Waals surface area contributed by atoms with Crippen LogP contribution in [0.3, 0.4) is 0 Å². The molecule has 1 fully saturated rings. The van der Waals surface area contributed by atoms with Crippen LogP contribution in [0.15, 0.2) is 29.5 Å². The molecule has 0 aromatic heterocycles. The molecule has 1 saturated carbocycles. The van der Waals surface area contributed by atoms with Gasteiger partial charge in [-0.05, 0) is 37.1 Å². The Kier molecular flexibility index (Phi) is 2.45. The molecule has 1 aliphatic rings. The topological polar surface area (TPSA) is 63.3 Å². The minimum Gasteiger partial charge on any atom is -0.286 e. The molecule has 5 heteroatoms. The summed E-state index contributed by atoms with van der Waals surface area (Å²) in [6.07, 6.45) is 1.96. The molecular formula is C10H11FN4. The van der Waals surface area contributed by atoms with Gasteiger partial charge in [0.15, 0.2) is 0 Å². The number of halogens is 1. The first-order valence-corrected chi connectivity index (χ1v) is 4.74. The Balaban J connectivity index is 2.21.